The molecular weight excluding hydrogens is 1220 g/mol. The van der Waals surface area contributed by atoms with Crippen LogP contribution >= 0.6 is 15.6 Å². The average Bonchev–Trinajstić information content (AvgIpc) is 2.91. The van der Waals surface area contributed by atoms with Crippen LogP contribution in [0.3, 0.4) is 0 Å². The van der Waals surface area contributed by atoms with Gasteiger partial charge in [0.1, 0.15) is 25.4 Å². The summed E-state index contributed by atoms with van der Waals surface area (Å²) in [7, 11) is -9.77. The maximum absolute atomic E-state index is 12.9. The Labute approximate surface area is 566 Å². The molecule has 93 heavy (non-hydrogen) atoms. The number of allylic oxidation sites excluding steroid dienone is 12. The third-order valence-corrected chi connectivity index (χ3v) is 17.8. The van der Waals surface area contributed by atoms with Crippen LogP contribution in [0.15, 0.2) is 72.9 Å². The monoisotopic (exact) mass is 1350 g/mol. The molecule has 5 unspecified atom stereocenters. The van der Waals surface area contributed by atoms with Gasteiger partial charge in [-0.3, -0.25) is 32.5 Å². The van der Waals surface area contributed by atoms with Gasteiger partial charge in [0.25, 0.3) is 0 Å². The van der Waals surface area contributed by atoms with Crippen molar-refractivity contribution in [3.8, 4) is 0 Å². The summed E-state index contributed by atoms with van der Waals surface area (Å²) in [6.07, 6.45) is 73.9. The number of aliphatic hydroxyl groups excluding tert-OH is 2. The molecule has 0 aromatic rings. The maximum Gasteiger partial charge on any atom is 0.472 e. The normalized spacial score (nSPS) is 14.5. The first-order valence-corrected chi connectivity index (χ1v) is 40.2. The minimum Gasteiger partial charge on any atom is -0.463 e. The summed E-state index contributed by atoms with van der Waals surface area (Å²) >= 11 is 0. The SMILES string of the molecule is CC/C=C\C/C=C\C/C=C\C/C=C\C/C=C\CCCCCCCCCCCCCCCC(=O)OCC(O)COP(=O)(O)OCC(O)COP(=O)(O)OCC(COC(=O)CCCCCCCCCCCCCCCCC)OC(=O)CCCCCCC/C=C\CCCCCC. The van der Waals surface area contributed by atoms with Crippen LogP contribution in [0.1, 0.15) is 329 Å². The fourth-order valence-corrected chi connectivity index (χ4v) is 11.8. The number of phosphoric acid groups is 2. The molecule has 0 bridgehead atoms. The summed E-state index contributed by atoms with van der Waals surface area (Å²) in [4.78, 5) is 58.4. The Morgan fingerprint density at radius 2 is 0.570 bits per heavy atom. The van der Waals surface area contributed by atoms with E-state index in [1.54, 1.807) is 0 Å². The number of ether oxygens (including phenoxy) is 3. The van der Waals surface area contributed by atoms with Crippen LogP contribution in [0.4, 0.5) is 0 Å². The van der Waals surface area contributed by atoms with Gasteiger partial charge in [-0.05, 0) is 89.9 Å². The molecule has 0 saturated heterocycles. The second kappa shape index (κ2) is 68.9. The number of rotatable bonds is 71. The first-order valence-electron chi connectivity index (χ1n) is 37.2. The van der Waals surface area contributed by atoms with Gasteiger partial charge in [0.2, 0.25) is 0 Å². The van der Waals surface area contributed by atoms with Gasteiger partial charge in [0.05, 0.1) is 26.4 Å². The molecule has 18 heteroatoms. The molecule has 0 heterocycles. The van der Waals surface area contributed by atoms with Crippen molar-refractivity contribution in [2.75, 3.05) is 39.6 Å². The lowest BCUT2D eigenvalue weighted by Crippen LogP contribution is -2.30. The van der Waals surface area contributed by atoms with Gasteiger partial charge in [0, 0.05) is 19.3 Å². The van der Waals surface area contributed by atoms with E-state index >= 15 is 0 Å². The highest BCUT2D eigenvalue weighted by atomic mass is 31.2. The summed E-state index contributed by atoms with van der Waals surface area (Å²) in [5.74, 6) is -1.57. The van der Waals surface area contributed by atoms with Gasteiger partial charge >= 0.3 is 33.6 Å². The van der Waals surface area contributed by atoms with Gasteiger partial charge in [-0.1, -0.05) is 293 Å². The number of hydrogen-bond donors (Lipinski definition) is 4. The third-order valence-electron chi connectivity index (χ3n) is 15.9. The van der Waals surface area contributed by atoms with E-state index in [1.807, 2.05) is 0 Å². The second-order valence-electron chi connectivity index (χ2n) is 25.1. The predicted octanol–water partition coefficient (Wildman–Crippen LogP) is 21.1. The number of aliphatic hydroxyl groups is 2. The predicted molar refractivity (Wildman–Crippen MR) is 381 cm³/mol. The summed E-state index contributed by atoms with van der Waals surface area (Å²) in [5, 5.41) is 20.6. The summed E-state index contributed by atoms with van der Waals surface area (Å²) < 4.78 is 61.0. The van der Waals surface area contributed by atoms with E-state index in [2.05, 4.69) is 93.7 Å². The van der Waals surface area contributed by atoms with Gasteiger partial charge in [-0.2, -0.15) is 0 Å². The molecule has 0 aliphatic carbocycles. The number of phosphoric ester groups is 2. The Bertz CT molecular complexity index is 1990. The highest BCUT2D eigenvalue weighted by Gasteiger charge is 2.29. The van der Waals surface area contributed by atoms with E-state index in [1.165, 1.54) is 154 Å². The van der Waals surface area contributed by atoms with Crippen LogP contribution in [0, 0.1) is 0 Å². The largest absolute Gasteiger partial charge is 0.472 e. The van der Waals surface area contributed by atoms with E-state index in [4.69, 9.17) is 32.3 Å². The topological polar surface area (TPSA) is 231 Å². The van der Waals surface area contributed by atoms with Crippen molar-refractivity contribution in [2.45, 2.75) is 347 Å². The van der Waals surface area contributed by atoms with Crippen LogP contribution < -0.4 is 0 Å². The Balaban J connectivity index is 4.42. The summed E-state index contributed by atoms with van der Waals surface area (Å²) in [6, 6.07) is 0. The van der Waals surface area contributed by atoms with Crippen molar-refractivity contribution in [2.24, 2.45) is 0 Å². The molecule has 0 rings (SSSR count). The molecule has 4 N–H and O–H groups in total. The lowest BCUT2D eigenvalue weighted by Gasteiger charge is -2.21. The molecule has 5 atom stereocenters. The first-order chi connectivity index (χ1) is 45.2. The van der Waals surface area contributed by atoms with Crippen molar-refractivity contribution in [3.05, 3.63) is 72.9 Å². The van der Waals surface area contributed by atoms with Crippen LogP contribution in [-0.4, -0.2) is 95.9 Å². The molecule has 0 spiro atoms. The van der Waals surface area contributed by atoms with Gasteiger partial charge in [-0.15, -0.1) is 0 Å². The molecule has 0 aliphatic heterocycles. The quantitative estimate of drug-likeness (QED) is 0.0146. The minimum absolute atomic E-state index is 0.0995. The Morgan fingerprint density at radius 1 is 0.312 bits per heavy atom. The van der Waals surface area contributed by atoms with Gasteiger partial charge in [-0.25, -0.2) is 9.13 Å². The van der Waals surface area contributed by atoms with E-state index < -0.39 is 91.5 Å². The third kappa shape index (κ3) is 70.1. The molecule has 0 radical (unpaired) electrons. The zero-order valence-corrected chi connectivity index (χ0v) is 60.7. The van der Waals surface area contributed by atoms with E-state index in [0.29, 0.717) is 19.3 Å². The van der Waals surface area contributed by atoms with E-state index in [9.17, 15) is 43.5 Å². The van der Waals surface area contributed by atoms with Crippen LogP contribution in [0.5, 0.6) is 0 Å². The molecule has 0 aromatic heterocycles. The average molecular weight is 1360 g/mol. The van der Waals surface area contributed by atoms with Crippen molar-refractivity contribution in [1.82, 2.24) is 0 Å². The highest BCUT2D eigenvalue weighted by molar-refractivity contribution is 7.47. The van der Waals surface area contributed by atoms with Crippen LogP contribution in [-0.2, 0) is 55.8 Å². The summed E-state index contributed by atoms with van der Waals surface area (Å²) in [6.45, 7) is 2.58. The number of unbranched alkanes of at least 4 members (excludes halogenated alkanes) is 36. The lowest BCUT2D eigenvalue weighted by atomic mass is 10.0. The summed E-state index contributed by atoms with van der Waals surface area (Å²) in [5.41, 5.74) is 0. The number of hydrogen-bond acceptors (Lipinski definition) is 14. The molecule has 0 saturated carbocycles. The van der Waals surface area contributed by atoms with Crippen molar-refractivity contribution >= 4 is 33.6 Å². The first kappa shape index (κ1) is 90.0. The fraction of sp³-hybridized carbons (Fsp3) is 0.800. The molecule has 0 fully saturated rings. The standard InChI is InChI=1S/C75H136O16P2/c1-4-7-10-13-16-19-22-25-27-28-29-30-31-32-33-34-35-36-37-38-39-40-42-45-46-49-52-55-58-61-73(78)85-64-70(76)65-87-92(81,82)88-66-71(77)67-89-93(83,84)90-69-72(91-75(80)63-60-57-54-51-48-43-24-21-18-15-12-9-6-3)68-86-74(79)62-59-56-53-50-47-44-41-26-23-20-17-14-11-8-5-2/h7,10,16,19,21,24-25,27,29-30,32-33,70-72,76-77H,4-6,8-9,11-15,17-18,20,22-23,26,28,31,34-69H2,1-3H3,(H,81,82)(H,83,84)/b10-7-,19-16-,24-21-,27-25-,30-29-,33-32-. The van der Waals surface area contributed by atoms with Crippen LogP contribution in [0.25, 0.3) is 0 Å². The van der Waals surface area contributed by atoms with E-state index in [0.717, 1.165) is 116 Å². The number of carbonyl (C=O) groups excluding carboxylic acids is 3. The van der Waals surface area contributed by atoms with Gasteiger partial charge in [0.15, 0.2) is 6.10 Å². The maximum atomic E-state index is 12.9. The Kier molecular flexibility index (Phi) is 66.7. The Hall–Kier alpha value is -3.01. The van der Waals surface area contributed by atoms with Crippen molar-refractivity contribution < 1.29 is 75.8 Å². The molecule has 0 aliphatic rings. The molecule has 0 amide bonds. The number of carbonyl (C=O) groups is 3. The highest BCUT2D eigenvalue weighted by Crippen LogP contribution is 2.45. The molecule has 16 nitrogen and oxygen atoms in total. The van der Waals surface area contributed by atoms with Gasteiger partial charge < -0.3 is 34.2 Å². The van der Waals surface area contributed by atoms with Crippen molar-refractivity contribution in [1.29, 1.82) is 0 Å². The molecular formula is C75H136O16P2. The fourth-order valence-electron chi connectivity index (χ4n) is 10.2. The molecule has 542 valence electrons. The van der Waals surface area contributed by atoms with E-state index in [-0.39, 0.29) is 19.3 Å². The van der Waals surface area contributed by atoms with Crippen molar-refractivity contribution in [3.63, 3.8) is 0 Å². The van der Waals surface area contributed by atoms with Crippen LogP contribution in [0.2, 0.25) is 0 Å². The zero-order valence-electron chi connectivity index (χ0n) is 58.9. The molecule has 0 aromatic carbocycles. The number of esters is 3. The lowest BCUT2D eigenvalue weighted by molar-refractivity contribution is -0.161. The minimum atomic E-state index is -4.92. The second-order valence-corrected chi connectivity index (χ2v) is 28.0. The zero-order chi connectivity index (χ0) is 68.1. The Morgan fingerprint density at radius 3 is 0.925 bits per heavy atom. The smallest absolute Gasteiger partial charge is 0.463 e.